The summed E-state index contributed by atoms with van der Waals surface area (Å²) in [5.74, 6) is 1.26. The summed E-state index contributed by atoms with van der Waals surface area (Å²) in [5, 5.41) is 0. The van der Waals surface area contributed by atoms with Gasteiger partial charge in [-0.25, -0.2) is 0 Å². The Balaban J connectivity index is 1.86. The van der Waals surface area contributed by atoms with E-state index >= 15 is 0 Å². The molecule has 1 saturated carbocycles. The first-order valence-electron chi connectivity index (χ1n) is 6.23. The Bertz CT molecular complexity index is 388. The molecule has 0 spiro atoms. The molecule has 1 fully saturated rings. The number of ketones is 1. The maximum atomic E-state index is 11.7. The first-order chi connectivity index (χ1) is 7.65. The van der Waals surface area contributed by atoms with Crippen LogP contribution in [0.5, 0.6) is 0 Å². The van der Waals surface area contributed by atoms with Gasteiger partial charge in [0.2, 0.25) is 0 Å². The highest BCUT2D eigenvalue weighted by molar-refractivity contribution is 5.80. The van der Waals surface area contributed by atoms with Gasteiger partial charge in [0, 0.05) is 12.8 Å². The van der Waals surface area contributed by atoms with Gasteiger partial charge < -0.3 is 0 Å². The first-order valence-corrected chi connectivity index (χ1v) is 6.23. The lowest BCUT2D eigenvalue weighted by Gasteiger charge is -2.04. The molecule has 1 nitrogen and oxygen atoms in total. The Kier molecular flexibility index (Phi) is 3.42. The van der Waals surface area contributed by atoms with Crippen LogP contribution >= 0.6 is 0 Å². The van der Waals surface area contributed by atoms with Crippen molar-refractivity contribution in [2.45, 2.75) is 46.0 Å². The SMILES string of the molecule is Cc1ccc(CC(=O)CCC2CC2)cc1C. The van der Waals surface area contributed by atoms with Crippen LogP contribution in [0.2, 0.25) is 0 Å². The Labute approximate surface area is 97.9 Å². The molecule has 2 rings (SSSR count). The Morgan fingerprint density at radius 2 is 2.00 bits per heavy atom. The number of rotatable bonds is 5. The number of hydrogen-bond acceptors (Lipinski definition) is 1. The van der Waals surface area contributed by atoms with Crippen LogP contribution in [0.25, 0.3) is 0 Å². The van der Waals surface area contributed by atoms with E-state index in [1.165, 1.54) is 29.5 Å². The van der Waals surface area contributed by atoms with Crippen molar-refractivity contribution in [1.82, 2.24) is 0 Å². The third kappa shape index (κ3) is 3.19. The zero-order valence-electron chi connectivity index (χ0n) is 10.3. The van der Waals surface area contributed by atoms with Crippen LogP contribution in [-0.4, -0.2) is 5.78 Å². The predicted octanol–water partition coefficient (Wildman–Crippen LogP) is 3.61. The zero-order valence-corrected chi connectivity index (χ0v) is 10.3. The topological polar surface area (TPSA) is 17.1 Å². The smallest absolute Gasteiger partial charge is 0.137 e. The van der Waals surface area contributed by atoms with Gasteiger partial charge in [-0.1, -0.05) is 31.0 Å². The Morgan fingerprint density at radius 1 is 1.25 bits per heavy atom. The number of carbonyl (C=O) groups excluding carboxylic acids is 1. The fourth-order valence-electron chi connectivity index (χ4n) is 2.00. The van der Waals surface area contributed by atoms with Crippen molar-refractivity contribution in [3.8, 4) is 0 Å². The molecule has 1 aromatic carbocycles. The molecule has 1 aliphatic carbocycles. The van der Waals surface area contributed by atoms with Gasteiger partial charge in [-0.15, -0.1) is 0 Å². The minimum atomic E-state index is 0.398. The van der Waals surface area contributed by atoms with Crippen LogP contribution in [0, 0.1) is 19.8 Å². The zero-order chi connectivity index (χ0) is 11.5. The highest BCUT2D eigenvalue weighted by Gasteiger charge is 2.21. The second-order valence-electron chi connectivity index (χ2n) is 5.12. The third-order valence-electron chi connectivity index (χ3n) is 3.50. The lowest BCUT2D eigenvalue weighted by molar-refractivity contribution is -0.118. The minimum absolute atomic E-state index is 0.398. The summed E-state index contributed by atoms with van der Waals surface area (Å²) in [5.41, 5.74) is 3.76. The van der Waals surface area contributed by atoms with E-state index in [9.17, 15) is 4.79 Å². The highest BCUT2D eigenvalue weighted by atomic mass is 16.1. The Morgan fingerprint density at radius 3 is 2.62 bits per heavy atom. The van der Waals surface area contributed by atoms with E-state index < -0.39 is 0 Å². The van der Waals surface area contributed by atoms with Crippen LogP contribution in [0.15, 0.2) is 18.2 Å². The lowest BCUT2D eigenvalue weighted by atomic mass is 10.0. The summed E-state index contributed by atoms with van der Waals surface area (Å²) >= 11 is 0. The quantitative estimate of drug-likeness (QED) is 0.735. The second kappa shape index (κ2) is 4.82. The average molecular weight is 216 g/mol. The van der Waals surface area contributed by atoms with Crippen molar-refractivity contribution in [1.29, 1.82) is 0 Å². The predicted molar refractivity (Wildman–Crippen MR) is 66.6 cm³/mol. The van der Waals surface area contributed by atoms with Crippen LogP contribution < -0.4 is 0 Å². The lowest BCUT2D eigenvalue weighted by Crippen LogP contribution is -2.03. The van der Waals surface area contributed by atoms with Gasteiger partial charge in [0.05, 0.1) is 0 Å². The van der Waals surface area contributed by atoms with Crippen molar-refractivity contribution in [3.05, 3.63) is 34.9 Å². The number of carbonyl (C=O) groups is 1. The molecule has 0 aromatic heterocycles. The van der Waals surface area contributed by atoms with Gasteiger partial charge in [-0.3, -0.25) is 4.79 Å². The molecule has 0 bridgehead atoms. The summed E-state index contributed by atoms with van der Waals surface area (Å²) in [7, 11) is 0. The van der Waals surface area contributed by atoms with Gasteiger partial charge in [-0.2, -0.15) is 0 Å². The molecule has 1 heteroatoms. The molecule has 0 aliphatic heterocycles. The van der Waals surface area contributed by atoms with E-state index in [1.54, 1.807) is 0 Å². The number of benzene rings is 1. The van der Waals surface area contributed by atoms with E-state index in [0.29, 0.717) is 12.2 Å². The molecule has 0 N–H and O–H groups in total. The molecule has 0 radical (unpaired) electrons. The summed E-state index contributed by atoms with van der Waals surface area (Å²) in [4.78, 5) is 11.7. The number of aryl methyl sites for hydroxylation is 2. The molecule has 0 amide bonds. The van der Waals surface area contributed by atoms with Crippen LogP contribution in [0.1, 0.15) is 42.4 Å². The molecule has 16 heavy (non-hydrogen) atoms. The van der Waals surface area contributed by atoms with Crippen LogP contribution in [0.3, 0.4) is 0 Å². The van der Waals surface area contributed by atoms with Crippen LogP contribution in [0.4, 0.5) is 0 Å². The van der Waals surface area contributed by atoms with E-state index in [-0.39, 0.29) is 0 Å². The normalized spacial score (nSPS) is 15.1. The molecule has 1 aromatic rings. The van der Waals surface area contributed by atoms with E-state index in [4.69, 9.17) is 0 Å². The van der Waals surface area contributed by atoms with E-state index in [1.807, 2.05) is 0 Å². The molecular formula is C15H20O. The van der Waals surface area contributed by atoms with Gasteiger partial charge in [-0.05, 0) is 42.9 Å². The second-order valence-corrected chi connectivity index (χ2v) is 5.12. The molecular weight excluding hydrogens is 196 g/mol. The maximum Gasteiger partial charge on any atom is 0.137 e. The first kappa shape index (κ1) is 11.4. The van der Waals surface area contributed by atoms with Crippen molar-refractivity contribution in [3.63, 3.8) is 0 Å². The highest BCUT2D eigenvalue weighted by Crippen LogP contribution is 2.33. The Hall–Kier alpha value is -1.11. The molecule has 86 valence electrons. The number of hydrogen-bond donors (Lipinski definition) is 0. The van der Waals surface area contributed by atoms with E-state index in [2.05, 4.69) is 32.0 Å². The molecule has 0 heterocycles. The standard InChI is InChI=1S/C15H20O/c1-11-3-4-14(9-12(11)2)10-15(16)8-7-13-5-6-13/h3-4,9,13H,5-8,10H2,1-2H3. The summed E-state index contributed by atoms with van der Waals surface area (Å²) in [6.45, 7) is 4.21. The van der Waals surface area contributed by atoms with E-state index in [0.717, 1.165) is 18.8 Å². The molecule has 1 aliphatic rings. The van der Waals surface area contributed by atoms with Gasteiger partial charge in [0.15, 0.2) is 0 Å². The van der Waals surface area contributed by atoms with Crippen molar-refractivity contribution in [2.75, 3.05) is 0 Å². The van der Waals surface area contributed by atoms with Gasteiger partial charge >= 0.3 is 0 Å². The average Bonchev–Trinajstić information content (AvgIpc) is 3.04. The fraction of sp³-hybridized carbons (Fsp3) is 0.533. The minimum Gasteiger partial charge on any atom is -0.299 e. The molecule has 0 saturated heterocycles. The fourth-order valence-corrected chi connectivity index (χ4v) is 2.00. The van der Waals surface area contributed by atoms with Crippen molar-refractivity contribution >= 4 is 5.78 Å². The molecule has 0 unspecified atom stereocenters. The summed E-state index contributed by atoms with van der Waals surface area (Å²) < 4.78 is 0. The monoisotopic (exact) mass is 216 g/mol. The van der Waals surface area contributed by atoms with Crippen LogP contribution in [-0.2, 0) is 11.2 Å². The maximum absolute atomic E-state index is 11.7. The summed E-state index contributed by atoms with van der Waals surface area (Å²) in [6, 6.07) is 6.33. The van der Waals surface area contributed by atoms with Crippen molar-refractivity contribution in [2.24, 2.45) is 5.92 Å². The van der Waals surface area contributed by atoms with Gasteiger partial charge in [0.25, 0.3) is 0 Å². The number of Topliss-reactive ketones (excluding diaryl/α,β-unsaturated/α-hetero) is 1. The summed E-state index contributed by atoms with van der Waals surface area (Å²) in [6.07, 6.45) is 5.20. The van der Waals surface area contributed by atoms with Crippen molar-refractivity contribution < 1.29 is 4.79 Å². The largest absolute Gasteiger partial charge is 0.299 e. The molecule has 0 atom stereocenters. The van der Waals surface area contributed by atoms with Gasteiger partial charge in [0.1, 0.15) is 5.78 Å². The third-order valence-corrected chi connectivity index (χ3v) is 3.50.